The first-order valence-electron chi connectivity index (χ1n) is 4.98. The molecule has 0 saturated carbocycles. The predicted molar refractivity (Wildman–Crippen MR) is 51.7 cm³/mol. The minimum absolute atomic E-state index is 0. The number of Topliss-reactive ketones (excluding diaryl/α,β-unsaturated/α-hetero) is 1. The Morgan fingerprint density at radius 3 is 2.27 bits per heavy atom. The first kappa shape index (κ1) is 14.6. The van der Waals surface area contributed by atoms with Crippen LogP contribution in [0.5, 0.6) is 0 Å². The van der Waals surface area contributed by atoms with Gasteiger partial charge in [0.25, 0.3) is 0 Å². The Kier molecular flexibility index (Phi) is 6.05. The molecular formula is C10H18BrNO3. The third-order valence-corrected chi connectivity index (χ3v) is 2.77. The van der Waals surface area contributed by atoms with Gasteiger partial charge in [0.15, 0.2) is 5.78 Å². The maximum absolute atomic E-state index is 11.5. The maximum Gasteiger partial charge on any atom is 0.313 e. The van der Waals surface area contributed by atoms with Crippen LogP contribution in [0, 0.1) is 0 Å². The molecule has 0 radical (unpaired) electrons. The van der Waals surface area contributed by atoms with Crippen LogP contribution in [0.15, 0.2) is 0 Å². The van der Waals surface area contributed by atoms with Crippen molar-refractivity contribution >= 4 is 11.8 Å². The van der Waals surface area contributed by atoms with Crippen LogP contribution in [0.3, 0.4) is 0 Å². The van der Waals surface area contributed by atoms with Crippen molar-refractivity contribution in [3.05, 3.63) is 0 Å². The lowest BCUT2D eigenvalue weighted by atomic mass is 10.2. The van der Waals surface area contributed by atoms with Gasteiger partial charge in [0, 0.05) is 12.8 Å². The summed E-state index contributed by atoms with van der Waals surface area (Å²) in [6, 6.07) is 0. The molecule has 0 atom stereocenters. The summed E-state index contributed by atoms with van der Waals surface area (Å²) in [4.78, 5) is 22.3. The fraction of sp³-hybridized carbons (Fsp3) is 0.800. The highest BCUT2D eigenvalue weighted by Crippen LogP contribution is 2.16. The van der Waals surface area contributed by atoms with Crippen molar-refractivity contribution in [3.8, 4) is 0 Å². The lowest BCUT2D eigenvalue weighted by Crippen LogP contribution is -3.00. The van der Waals surface area contributed by atoms with Gasteiger partial charge in [-0.05, 0) is 0 Å². The number of rotatable bonds is 4. The van der Waals surface area contributed by atoms with Crippen molar-refractivity contribution in [3.63, 3.8) is 0 Å². The monoisotopic (exact) mass is 279 g/mol. The van der Waals surface area contributed by atoms with Crippen LogP contribution < -0.4 is 17.0 Å². The molecule has 0 aromatic heterocycles. The summed E-state index contributed by atoms with van der Waals surface area (Å²) in [6.45, 7) is 2.56. The van der Waals surface area contributed by atoms with E-state index < -0.39 is 5.97 Å². The lowest BCUT2D eigenvalue weighted by molar-refractivity contribution is -0.889. The predicted octanol–water partition coefficient (Wildman–Crippen LogP) is -2.64. The summed E-state index contributed by atoms with van der Waals surface area (Å²) in [7, 11) is 3.38. The topological polar surface area (TPSA) is 43.4 Å². The van der Waals surface area contributed by atoms with Crippen molar-refractivity contribution in [2.75, 3.05) is 33.8 Å². The number of esters is 1. The molecule has 0 bridgehead atoms. The molecule has 0 spiro atoms. The third kappa shape index (κ3) is 4.75. The molecule has 1 aliphatic heterocycles. The summed E-state index contributed by atoms with van der Waals surface area (Å²) < 4.78 is 5.24. The molecule has 0 unspecified atom stereocenters. The van der Waals surface area contributed by atoms with Gasteiger partial charge in [-0.1, -0.05) is 0 Å². The Balaban J connectivity index is 0.00000196. The Morgan fingerprint density at radius 1 is 1.27 bits per heavy atom. The summed E-state index contributed by atoms with van der Waals surface area (Å²) in [5.41, 5.74) is 0. The van der Waals surface area contributed by atoms with Gasteiger partial charge in [-0.2, -0.15) is 0 Å². The van der Waals surface area contributed by atoms with Gasteiger partial charge < -0.3 is 26.2 Å². The van der Waals surface area contributed by atoms with E-state index in [2.05, 4.69) is 11.8 Å². The fourth-order valence-electron chi connectivity index (χ4n) is 1.97. The first-order valence-corrected chi connectivity index (χ1v) is 4.98. The van der Waals surface area contributed by atoms with E-state index in [9.17, 15) is 9.59 Å². The Bertz CT molecular complexity index is 237. The molecule has 88 valence electrons. The number of hydrogen-bond donors (Lipinski definition) is 0. The molecule has 0 amide bonds. The number of hydrogen-bond acceptors (Lipinski definition) is 3. The molecule has 15 heavy (non-hydrogen) atoms. The summed E-state index contributed by atoms with van der Waals surface area (Å²) >= 11 is 0. The average Bonchev–Trinajstić information content (AvgIpc) is 2.51. The zero-order valence-electron chi connectivity index (χ0n) is 9.29. The second-order valence-corrected chi connectivity index (χ2v) is 4.22. The number of likely N-dealkylation sites (N-methyl/N-ethyl adjacent to an activating group) is 1. The highest BCUT2D eigenvalue weighted by atomic mass is 79.9. The average molecular weight is 280 g/mol. The minimum Gasteiger partial charge on any atom is -1.00 e. The van der Waals surface area contributed by atoms with E-state index >= 15 is 0 Å². The maximum atomic E-state index is 11.5. The van der Waals surface area contributed by atoms with E-state index in [-0.39, 0.29) is 29.2 Å². The smallest absolute Gasteiger partial charge is 0.313 e. The number of carbonyl (C=O) groups excluding carboxylic acids is 2. The van der Waals surface area contributed by atoms with Gasteiger partial charge >= 0.3 is 5.97 Å². The number of ether oxygens (including phenoxy) is 1. The molecule has 1 heterocycles. The minimum atomic E-state index is -0.430. The molecule has 0 aromatic carbocycles. The van der Waals surface area contributed by atoms with Crippen molar-refractivity contribution in [2.24, 2.45) is 0 Å². The Morgan fingerprint density at radius 2 is 1.80 bits per heavy atom. The number of quaternary nitrogens is 1. The quantitative estimate of drug-likeness (QED) is 0.321. The van der Waals surface area contributed by atoms with Gasteiger partial charge in [0.2, 0.25) is 0 Å². The SMILES string of the molecule is COC(=O)CC(=O)C[N+]1(C)CCCC1.[Br-]. The first-order chi connectivity index (χ1) is 6.56. The van der Waals surface area contributed by atoms with E-state index in [4.69, 9.17) is 0 Å². The molecule has 4 nitrogen and oxygen atoms in total. The van der Waals surface area contributed by atoms with Crippen LogP contribution in [0.25, 0.3) is 0 Å². The highest BCUT2D eigenvalue weighted by Gasteiger charge is 2.30. The second kappa shape index (κ2) is 6.23. The van der Waals surface area contributed by atoms with Gasteiger partial charge in [-0.15, -0.1) is 0 Å². The van der Waals surface area contributed by atoms with Crippen LogP contribution in [0.2, 0.25) is 0 Å². The molecule has 0 aromatic rings. The normalized spacial score (nSPS) is 18.0. The summed E-state index contributed by atoms with van der Waals surface area (Å²) in [6.07, 6.45) is 2.29. The molecule has 1 fully saturated rings. The Hall–Kier alpha value is -0.420. The van der Waals surface area contributed by atoms with Crippen molar-refractivity contribution in [1.29, 1.82) is 0 Å². The number of halogens is 1. The van der Waals surface area contributed by atoms with E-state index in [1.54, 1.807) is 0 Å². The lowest BCUT2D eigenvalue weighted by Gasteiger charge is -2.27. The molecular weight excluding hydrogens is 262 g/mol. The third-order valence-electron chi connectivity index (χ3n) is 2.77. The molecule has 1 rings (SSSR count). The number of methoxy groups -OCH3 is 1. The zero-order chi connectivity index (χ0) is 10.6. The highest BCUT2D eigenvalue weighted by molar-refractivity contribution is 5.96. The van der Waals surface area contributed by atoms with Crippen LogP contribution in [0.4, 0.5) is 0 Å². The van der Waals surface area contributed by atoms with Crippen molar-refractivity contribution in [2.45, 2.75) is 19.3 Å². The number of nitrogens with zero attached hydrogens (tertiary/aromatic N) is 1. The molecule has 1 aliphatic rings. The number of ketones is 1. The molecule has 0 N–H and O–H groups in total. The van der Waals surface area contributed by atoms with Gasteiger partial charge in [0.1, 0.15) is 13.0 Å². The molecule has 0 aliphatic carbocycles. The summed E-state index contributed by atoms with van der Waals surface area (Å²) in [5, 5.41) is 0. The standard InChI is InChI=1S/C10H18NO3.BrH/c1-11(5-3-4-6-11)8-9(12)7-10(13)14-2;/h3-8H2,1-2H3;1H/q+1;/p-1. The molecule has 5 heteroatoms. The Labute approximate surface area is 101 Å². The fourth-order valence-corrected chi connectivity index (χ4v) is 1.97. The van der Waals surface area contributed by atoms with Crippen LogP contribution >= 0.6 is 0 Å². The van der Waals surface area contributed by atoms with Crippen LogP contribution in [-0.2, 0) is 14.3 Å². The van der Waals surface area contributed by atoms with E-state index in [1.165, 1.54) is 20.0 Å². The summed E-state index contributed by atoms with van der Waals surface area (Å²) in [5.74, 6) is -0.443. The number of carbonyl (C=O) groups is 2. The molecule has 1 saturated heterocycles. The van der Waals surface area contributed by atoms with Crippen molar-refractivity contribution < 1.29 is 35.8 Å². The van der Waals surface area contributed by atoms with Crippen molar-refractivity contribution in [1.82, 2.24) is 0 Å². The van der Waals surface area contributed by atoms with Gasteiger partial charge in [-0.3, -0.25) is 9.59 Å². The van der Waals surface area contributed by atoms with E-state index in [0.29, 0.717) is 6.54 Å². The van der Waals surface area contributed by atoms with Crippen LogP contribution in [0.1, 0.15) is 19.3 Å². The zero-order valence-corrected chi connectivity index (χ0v) is 10.9. The van der Waals surface area contributed by atoms with Gasteiger partial charge in [0.05, 0.1) is 27.2 Å². The number of likely N-dealkylation sites (tertiary alicyclic amines) is 1. The van der Waals surface area contributed by atoms with E-state index in [0.717, 1.165) is 17.6 Å². The van der Waals surface area contributed by atoms with Crippen LogP contribution in [-0.4, -0.2) is 50.0 Å². The van der Waals surface area contributed by atoms with Gasteiger partial charge in [-0.25, -0.2) is 0 Å². The second-order valence-electron chi connectivity index (χ2n) is 4.22. The largest absolute Gasteiger partial charge is 1.00 e. The van der Waals surface area contributed by atoms with E-state index in [1.807, 2.05) is 0 Å².